The first-order valence-corrected chi connectivity index (χ1v) is 7.33. The Morgan fingerprint density at radius 1 is 1.23 bits per heavy atom. The fourth-order valence-corrected chi connectivity index (χ4v) is 2.43. The van der Waals surface area contributed by atoms with E-state index in [1.807, 2.05) is 44.3 Å². The molecule has 0 radical (unpaired) electrons. The van der Waals surface area contributed by atoms with Gasteiger partial charge in [-0.1, -0.05) is 18.2 Å². The highest BCUT2D eigenvalue weighted by Crippen LogP contribution is 2.17. The lowest BCUT2D eigenvalue weighted by molar-refractivity contribution is 0.0657. The summed E-state index contributed by atoms with van der Waals surface area (Å²) in [6.07, 6.45) is 3.34. The molecule has 112 valence electrons. The minimum atomic E-state index is -0.104. The number of hydrogen-bond donors (Lipinski definition) is 0. The maximum absolute atomic E-state index is 12.5. The van der Waals surface area contributed by atoms with Crippen LogP contribution >= 0.6 is 0 Å². The molecule has 0 saturated heterocycles. The van der Waals surface area contributed by atoms with E-state index >= 15 is 0 Å². The van der Waals surface area contributed by atoms with Gasteiger partial charge in [0.05, 0.1) is 11.8 Å². The third kappa shape index (κ3) is 2.86. The number of benzene rings is 1. The van der Waals surface area contributed by atoms with Crippen molar-refractivity contribution in [3.8, 4) is 0 Å². The van der Waals surface area contributed by atoms with Crippen LogP contribution in [0.5, 0.6) is 0 Å². The molecule has 2 heterocycles. The topological polar surface area (TPSA) is 46.3 Å². The Labute approximate surface area is 129 Å². The van der Waals surface area contributed by atoms with E-state index in [-0.39, 0.29) is 11.9 Å². The zero-order valence-electron chi connectivity index (χ0n) is 12.7. The van der Waals surface area contributed by atoms with Crippen molar-refractivity contribution in [2.75, 3.05) is 0 Å². The van der Waals surface area contributed by atoms with Gasteiger partial charge in [-0.25, -0.2) is 0 Å². The molecule has 0 unspecified atom stereocenters. The summed E-state index contributed by atoms with van der Waals surface area (Å²) >= 11 is 0. The van der Waals surface area contributed by atoms with Crippen LogP contribution in [0, 0.1) is 0 Å². The molecule has 3 rings (SSSR count). The Morgan fingerprint density at radius 2 is 2.05 bits per heavy atom. The number of aromatic nitrogens is 1. The van der Waals surface area contributed by atoms with Crippen molar-refractivity contribution in [1.82, 2.24) is 9.88 Å². The molecule has 2 aromatic heterocycles. The molecule has 0 fully saturated rings. The summed E-state index contributed by atoms with van der Waals surface area (Å²) in [7, 11) is 0. The van der Waals surface area contributed by atoms with Gasteiger partial charge in [-0.3, -0.25) is 9.78 Å². The first-order chi connectivity index (χ1) is 10.6. The maximum Gasteiger partial charge on any atom is 0.290 e. The molecule has 0 bridgehead atoms. The zero-order valence-corrected chi connectivity index (χ0v) is 12.7. The van der Waals surface area contributed by atoms with Gasteiger partial charge in [0, 0.05) is 24.2 Å². The van der Waals surface area contributed by atoms with Gasteiger partial charge in [0.2, 0.25) is 0 Å². The van der Waals surface area contributed by atoms with E-state index in [9.17, 15) is 4.79 Å². The van der Waals surface area contributed by atoms with Crippen LogP contribution < -0.4 is 0 Å². The van der Waals surface area contributed by atoms with Crippen LogP contribution in [0.15, 0.2) is 59.3 Å². The monoisotopic (exact) mass is 294 g/mol. The molecule has 1 amide bonds. The molecule has 0 atom stereocenters. The van der Waals surface area contributed by atoms with Crippen LogP contribution in [0.25, 0.3) is 10.9 Å². The van der Waals surface area contributed by atoms with E-state index in [4.69, 9.17) is 4.42 Å². The van der Waals surface area contributed by atoms with Crippen molar-refractivity contribution in [3.05, 3.63) is 66.2 Å². The molecule has 0 aliphatic carbocycles. The molecule has 0 saturated carbocycles. The number of amides is 1. The van der Waals surface area contributed by atoms with E-state index in [0.717, 1.165) is 16.5 Å². The predicted octanol–water partition coefficient (Wildman–Crippen LogP) is 3.88. The van der Waals surface area contributed by atoms with Gasteiger partial charge >= 0.3 is 0 Å². The van der Waals surface area contributed by atoms with E-state index in [2.05, 4.69) is 11.1 Å². The van der Waals surface area contributed by atoms with Crippen molar-refractivity contribution in [1.29, 1.82) is 0 Å². The van der Waals surface area contributed by atoms with Crippen LogP contribution in [-0.4, -0.2) is 21.8 Å². The number of hydrogen-bond acceptors (Lipinski definition) is 3. The summed E-state index contributed by atoms with van der Waals surface area (Å²) in [5.41, 5.74) is 1.96. The second kappa shape index (κ2) is 6.02. The Bertz CT molecular complexity index is 779. The summed E-state index contributed by atoms with van der Waals surface area (Å²) in [5.74, 6) is 0.260. The number of carbonyl (C=O) groups excluding carboxylic acids is 1. The van der Waals surface area contributed by atoms with Crippen LogP contribution in [0.2, 0.25) is 0 Å². The smallest absolute Gasteiger partial charge is 0.290 e. The summed E-state index contributed by atoms with van der Waals surface area (Å²) in [6.45, 7) is 4.50. The molecule has 4 heteroatoms. The Morgan fingerprint density at radius 3 is 2.77 bits per heavy atom. The van der Waals surface area contributed by atoms with Gasteiger partial charge in [-0.05, 0) is 43.7 Å². The molecule has 0 N–H and O–H groups in total. The molecular weight excluding hydrogens is 276 g/mol. The second-order valence-electron chi connectivity index (χ2n) is 5.54. The molecule has 0 aliphatic heterocycles. The van der Waals surface area contributed by atoms with E-state index in [1.165, 1.54) is 6.26 Å². The summed E-state index contributed by atoms with van der Waals surface area (Å²) in [5, 5.41) is 1.08. The number of carbonyl (C=O) groups is 1. The zero-order chi connectivity index (χ0) is 15.5. The number of rotatable bonds is 4. The minimum Gasteiger partial charge on any atom is -0.459 e. The van der Waals surface area contributed by atoms with Gasteiger partial charge in [0.15, 0.2) is 5.76 Å². The Balaban J connectivity index is 1.87. The molecule has 0 aliphatic rings. The quantitative estimate of drug-likeness (QED) is 0.733. The van der Waals surface area contributed by atoms with Crippen LogP contribution in [-0.2, 0) is 6.54 Å². The molecule has 22 heavy (non-hydrogen) atoms. The highest BCUT2D eigenvalue weighted by atomic mass is 16.3. The van der Waals surface area contributed by atoms with Crippen LogP contribution in [0.4, 0.5) is 0 Å². The number of para-hydroxylation sites is 1. The number of nitrogens with zero attached hydrogens (tertiary/aromatic N) is 2. The summed E-state index contributed by atoms with van der Waals surface area (Å²) < 4.78 is 5.23. The average Bonchev–Trinajstić information content (AvgIpc) is 3.06. The lowest BCUT2D eigenvalue weighted by Gasteiger charge is -2.26. The van der Waals surface area contributed by atoms with Crippen LogP contribution in [0.3, 0.4) is 0 Å². The van der Waals surface area contributed by atoms with Crippen molar-refractivity contribution in [3.63, 3.8) is 0 Å². The maximum atomic E-state index is 12.5. The average molecular weight is 294 g/mol. The fourth-order valence-electron chi connectivity index (χ4n) is 2.43. The van der Waals surface area contributed by atoms with Gasteiger partial charge in [-0.2, -0.15) is 0 Å². The SMILES string of the molecule is CC(C)N(Cc1cnc2ccccc2c1)C(=O)c1ccco1. The van der Waals surface area contributed by atoms with Crippen molar-refractivity contribution in [2.24, 2.45) is 0 Å². The second-order valence-corrected chi connectivity index (χ2v) is 5.54. The minimum absolute atomic E-state index is 0.0732. The Kier molecular flexibility index (Phi) is 3.92. The molecule has 1 aromatic carbocycles. The van der Waals surface area contributed by atoms with E-state index in [1.54, 1.807) is 17.0 Å². The standard InChI is InChI=1S/C18H18N2O2/c1-13(2)20(18(21)17-8-5-9-22-17)12-14-10-15-6-3-4-7-16(15)19-11-14/h3-11,13H,12H2,1-2H3. The van der Waals surface area contributed by atoms with Gasteiger partial charge in [-0.15, -0.1) is 0 Å². The first kappa shape index (κ1) is 14.3. The van der Waals surface area contributed by atoms with E-state index < -0.39 is 0 Å². The lowest BCUT2D eigenvalue weighted by Crippen LogP contribution is -2.36. The molecule has 3 aromatic rings. The third-order valence-electron chi connectivity index (χ3n) is 3.62. The number of fused-ring (bicyclic) bond motifs is 1. The van der Waals surface area contributed by atoms with Crippen molar-refractivity contribution >= 4 is 16.8 Å². The summed E-state index contributed by atoms with van der Waals surface area (Å²) in [6, 6.07) is 13.5. The van der Waals surface area contributed by atoms with Crippen molar-refractivity contribution in [2.45, 2.75) is 26.4 Å². The highest BCUT2D eigenvalue weighted by molar-refractivity contribution is 5.91. The molecular formula is C18H18N2O2. The fraction of sp³-hybridized carbons (Fsp3) is 0.222. The highest BCUT2D eigenvalue weighted by Gasteiger charge is 2.21. The lowest BCUT2D eigenvalue weighted by atomic mass is 10.1. The summed E-state index contributed by atoms with van der Waals surface area (Å²) in [4.78, 5) is 18.8. The van der Waals surface area contributed by atoms with Gasteiger partial charge in [0.25, 0.3) is 5.91 Å². The largest absolute Gasteiger partial charge is 0.459 e. The third-order valence-corrected chi connectivity index (χ3v) is 3.62. The van der Waals surface area contributed by atoms with Gasteiger partial charge in [0.1, 0.15) is 0 Å². The normalized spacial score (nSPS) is 11.0. The first-order valence-electron chi connectivity index (χ1n) is 7.33. The van der Waals surface area contributed by atoms with Crippen LogP contribution in [0.1, 0.15) is 30.0 Å². The Hall–Kier alpha value is -2.62. The van der Waals surface area contributed by atoms with E-state index in [0.29, 0.717) is 12.3 Å². The van der Waals surface area contributed by atoms with Gasteiger partial charge < -0.3 is 9.32 Å². The predicted molar refractivity (Wildman–Crippen MR) is 85.5 cm³/mol. The number of furan rings is 1. The molecule has 0 spiro atoms. The number of pyridine rings is 1. The molecule has 4 nitrogen and oxygen atoms in total. The van der Waals surface area contributed by atoms with Crippen molar-refractivity contribution < 1.29 is 9.21 Å².